The molecule has 2 N–H and O–H groups in total. The molecular formula is C17H20ClNO2. The maximum atomic E-state index is 9.19. The third-order valence-electron chi connectivity index (χ3n) is 3.07. The second-order valence-corrected chi connectivity index (χ2v) is 5.57. The van der Waals surface area contributed by atoms with E-state index < -0.39 is 0 Å². The number of hydrogen-bond donors (Lipinski definition) is 2. The molecule has 0 fully saturated rings. The number of halogens is 1. The van der Waals surface area contributed by atoms with Crippen LogP contribution in [0.25, 0.3) is 0 Å². The molecule has 0 spiro atoms. The van der Waals surface area contributed by atoms with Gasteiger partial charge in [-0.05, 0) is 29.8 Å². The Morgan fingerprint density at radius 3 is 2.67 bits per heavy atom. The quantitative estimate of drug-likeness (QED) is 0.843. The van der Waals surface area contributed by atoms with E-state index in [1.165, 1.54) is 0 Å². The highest BCUT2D eigenvalue weighted by Gasteiger charge is 2.10. The fourth-order valence-electron chi connectivity index (χ4n) is 1.95. The van der Waals surface area contributed by atoms with Crippen molar-refractivity contribution in [3.8, 4) is 11.5 Å². The standard InChI is InChI=1S/C17H20ClNO2/c1-12(2)19-10-15-16(18)7-4-8-17(15)21-14-6-3-5-13(9-14)11-20/h3-9,12,19-20H,10-11H2,1-2H3. The van der Waals surface area contributed by atoms with Crippen LogP contribution in [0.2, 0.25) is 5.02 Å². The Morgan fingerprint density at radius 2 is 1.95 bits per heavy atom. The maximum absolute atomic E-state index is 9.19. The first-order valence-electron chi connectivity index (χ1n) is 6.98. The molecule has 0 aliphatic heterocycles. The van der Waals surface area contributed by atoms with E-state index in [0.717, 1.165) is 16.9 Å². The third kappa shape index (κ3) is 4.46. The van der Waals surface area contributed by atoms with Gasteiger partial charge in [0, 0.05) is 23.2 Å². The molecule has 0 aliphatic carbocycles. The van der Waals surface area contributed by atoms with Gasteiger partial charge in [-0.2, -0.15) is 0 Å². The minimum absolute atomic E-state index is 0.00545. The van der Waals surface area contributed by atoms with Crippen molar-refractivity contribution in [2.24, 2.45) is 0 Å². The van der Waals surface area contributed by atoms with Crippen LogP contribution in [0.3, 0.4) is 0 Å². The fraction of sp³-hybridized carbons (Fsp3) is 0.294. The molecule has 0 unspecified atom stereocenters. The predicted molar refractivity (Wildman–Crippen MR) is 85.9 cm³/mol. The Bertz CT molecular complexity index is 599. The molecule has 0 saturated carbocycles. The molecule has 0 bridgehead atoms. The first-order chi connectivity index (χ1) is 10.1. The molecule has 21 heavy (non-hydrogen) atoms. The van der Waals surface area contributed by atoms with Crippen LogP contribution in [0.1, 0.15) is 25.0 Å². The lowest BCUT2D eigenvalue weighted by atomic mass is 10.2. The summed E-state index contributed by atoms with van der Waals surface area (Å²) in [6.45, 7) is 4.81. The molecule has 0 amide bonds. The topological polar surface area (TPSA) is 41.5 Å². The van der Waals surface area contributed by atoms with Gasteiger partial charge in [-0.3, -0.25) is 0 Å². The van der Waals surface area contributed by atoms with E-state index in [1.807, 2.05) is 42.5 Å². The van der Waals surface area contributed by atoms with Crippen molar-refractivity contribution in [1.82, 2.24) is 5.32 Å². The second-order valence-electron chi connectivity index (χ2n) is 5.16. The van der Waals surface area contributed by atoms with Crippen LogP contribution in [0.4, 0.5) is 0 Å². The van der Waals surface area contributed by atoms with Gasteiger partial charge in [-0.25, -0.2) is 0 Å². The summed E-state index contributed by atoms with van der Waals surface area (Å²) in [6, 6.07) is 13.4. The zero-order chi connectivity index (χ0) is 15.2. The predicted octanol–water partition coefficient (Wildman–Crippen LogP) is 4.12. The number of aliphatic hydroxyl groups is 1. The molecule has 0 saturated heterocycles. The number of benzene rings is 2. The summed E-state index contributed by atoms with van der Waals surface area (Å²) < 4.78 is 5.93. The van der Waals surface area contributed by atoms with Gasteiger partial charge in [0.2, 0.25) is 0 Å². The van der Waals surface area contributed by atoms with Crippen LogP contribution < -0.4 is 10.1 Å². The molecule has 0 atom stereocenters. The van der Waals surface area contributed by atoms with Gasteiger partial charge in [0.05, 0.1) is 6.61 Å². The highest BCUT2D eigenvalue weighted by atomic mass is 35.5. The van der Waals surface area contributed by atoms with E-state index in [-0.39, 0.29) is 6.61 Å². The summed E-state index contributed by atoms with van der Waals surface area (Å²) in [5, 5.41) is 13.2. The van der Waals surface area contributed by atoms with Crippen molar-refractivity contribution in [2.45, 2.75) is 33.0 Å². The first kappa shape index (κ1) is 15.8. The van der Waals surface area contributed by atoms with E-state index in [0.29, 0.717) is 23.4 Å². The molecule has 2 rings (SSSR count). The largest absolute Gasteiger partial charge is 0.457 e. The molecule has 112 valence electrons. The molecular weight excluding hydrogens is 286 g/mol. The van der Waals surface area contributed by atoms with Crippen LogP contribution in [0, 0.1) is 0 Å². The van der Waals surface area contributed by atoms with Gasteiger partial charge in [0.1, 0.15) is 11.5 Å². The van der Waals surface area contributed by atoms with Crippen LogP contribution in [-0.4, -0.2) is 11.1 Å². The molecule has 2 aromatic carbocycles. The van der Waals surface area contributed by atoms with E-state index in [1.54, 1.807) is 0 Å². The van der Waals surface area contributed by atoms with Crippen molar-refractivity contribution in [3.05, 3.63) is 58.6 Å². The highest BCUT2D eigenvalue weighted by molar-refractivity contribution is 6.31. The molecule has 4 heteroatoms. The summed E-state index contributed by atoms with van der Waals surface area (Å²) in [5.41, 5.74) is 1.75. The van der Waals surface area contributed by atoms with Gasteiger partial charge in [0.25, 0.3) is 0 Å². The van der Waals surface area contributed by atoms with Crippen molar-refractivity contribution >= 4 is 11.6 Å². The van der Waals surface area contributed by atoms with Crippen LogP contribution in [-0.2, 0) is 13.2 Å². The number of rotatable bonds is 6. The summed E-state index contributed by atoms with van der Waals surface area (Å²) in [5.74, 6) is 1.42. The molecule has 2 aromatic rings. The van der Waals surface area contributed by atoms with Gasteiger partial charge < -0.3 is 15.2 Å². The second kappa shape index (κ2) is 7.46. The van der Waals surface area contributed by atoms with Crippen molar-refractivity contribution in [1.29, 1.82) is 0 Å². The van der Waals surface area contributed by atoms with Gasteiger partial charge >= 0.3 is 0 Å². The molecule has 0 aromatic heterocycles. The zero-order valence-electron chi connectivity index (χ0n) is 12.3. The Kier molecular flexibility index (Phi) is 5.62. The molecule has 0 aliphatic rings. The monoisotopic (exact) mass is 305 g/mol. The summed E-state index contributed by atoms with van der Waals surface area (Å²) in [4.78, 5) is 0. The number of aliphatic hydroxyl groups excluding tert-OH is 1. The minimum Gasteiger partial charge on any atom is -0.457 e. The molecule has 0 radical (unpaired) electrons. The van der Waals surface area contributed by atoms with E-state index in [2.05, 4.69) is 19.2 Å². The SMILES string of the molecule is CC(C)NCc1c(Cl)cccc1Oc1cccc(CO)c1. The maximum Gasteiger partial charge on any atom is 0.133 e. The fourth-order valence-corrected chi connectivity index (χ4v) is 2.18. The highest BCUT2D eigenvalue weighted by Crippen LogP contribution is 2.30. The van der Waals surface area contributed by atoms with Crippen LogP contribution in [0.5, 0.6) is 11.5 Å². The average molecular weight is 306 g/mol. The smallest absolute Gasteiger partial charge is 0.133 e. The van der Waals surface area contributed by atoms with Gasteiger partial charge in [-0.15, -0.1) is 0 Å². The van der Waals surface area contributed by atoms with Crippen LogP contribution in [0.15, 0.2) is 42.5 Å². The van der Waals surface area contributed by atoms with E-state index in [4.69, 9.17) is 16.3 Å². The zero-order valence-corrected chi connectivity index (χ0v) is 13.0. The average Bonchev–Trinajstić information content (AvgIpc) is 2.46. The summed E-state index contributed by atoms with van der Waals surface area (Å²) in [7, 11) is 0. The van der Waals surface area contributed by atoms with E-state index >= 15 is 0 Å². The van der Waals surface area contributed by atoms with Gasteiger partial charge in [-0.1, -0.05) is 43.6 Å². The van der Waals surface area contributed by atoms with Crippen molar-refractivity contribution in [2.75, 3.05) is 0 Å². The third-order valence-corrected chi connectivity index (χ3v) is 3.43. The Morgan fingerprint density at radius 1 is 1.19 bits per heavy atom. The van der Waals surface area contributed by atoms with Crippen LogP contribution >= 0.6 is 11.6 Å². The van der Waals surface area contributed by atoms with E-state index in [9.17, 15) is 5.11 Å². The lowest BCUT2D eigenvalue weighted by Gasteiger charge is -2.15. The Hall–Kier alpha value is -1.55. The van der Waals surface area contributed by atoms with Gasteiger partial charge in [0.15, 0.2) is 0 Å². The van der Waals surface area contributed by atoms with Crippen molar-refractivity contribution in [3.63, 3.8) is 0 Å². The van der Waals surface area contributed by atoms with Crippen molar-refractivity contribution < 1.29 is 9.84 Å². The molecule has 0 heterocycles. The Balaban J connectivity index is 2.24. The first-order valence-corrected chi connectivity index (χ1v) is 7.36. The summed E-state index contributed by atoms with van der Waals surface area (Å²) >= 11 is 6.28. The molecule has 3 nitrogen and oxygen atoms in total. The minimum atomic E-state index is -0.00545. The number of ether oxygens (including phenoxy) is 1. The number of hydrogen-bond acceptors (Lipinski definition) is 3. The summed E-state index contributed by atoms with van der Waals surface area (Å²) in [6.07, 6.45) is 0. The normalized spacial score (nSPS) is 10.9. The number of nitrogens with one attached hydrogen (secondary N) is 1. The lowest BCUT2D eigenvalue weighted by molar-refractivity contribution is 0.281. The lowest BCUT2D eigenvalue weighted by Crippen LogP contribution is -2.22. The Labute approximate surface area is 130 Å².